The molecule has 0 saturated carbocycles. The molecule has 3 heterocycles. The second-order valence-electron chi connectivity index (χ2n) is 8.53. The Morgan fingerprint density at radius 2 is 2.03 bits per heavy atom. The lowest BCUT2D eigenvalue weighted by atomic mass is 10.0. The highest BCUT2D eigenvalue weighted by Crippen LogP contribution is 2.26. The maximum Gasteiger partial charge on any atom is 0.246 e. The molecule has 3 aromatic rings. The number of para-hydroxylation sites is 1. The summed E-state index contributed by atoms with van der Waals surface area (Å²) in [7, 11) is 0. The molecule has 5 rings (SSSR count). The van der Waals surface area contributed by atoms with Gasteiger partial charge < -0.3 is 20.5 Å². The minimum absolute atomic E-state index is 0.00379. The van der Waals surface area contributed by atoms with Crippen molar-refractivity contribution in [3.8, 4) is 0 Å². The summed E-state index contributed by atoms with van der Waals surface area (Å²) in [6.45, 7) is 2.71. The lowest BCUT2D eigenvalue weighted by Gasteiger charge is -2.34. The van der Waals surface area contributed by atoms with Crippen LogP contribution in [-0.4, -0.2) is 46.4 Å². The topological polar surface area (TPSA) is 77.2 Å². The van der Waals surface area contributed by atoms with Crippen LogP contribution >= 0.6 is 0 Å². The Balaban J connectivity index is 1.25. The van der Waals surface area contributed by atoms with Crippen molar-refractivity contribution in [1.29, 1.82) is 0 Å². The molecule has 3 atom stereocenters. The molecule has 0 bridgehead atoms. The molecule has 2 fully saturated rings. The van der Waals surface area contributed by atoms with E-state index in [1.807, 2.05) is 36.5 Å². The first-order valence-electron chi connectivity index (χ1n) is 10.6. The maximum atomic E-state index is 13.8. The van der Waals surface area contributed by atoms with Gasteiger partial charge >= 0.3 is 0 Å². The number of H-pyrrole nitrogens is 1. The summed E-state index contributed by atoms with van der Waals surface area (Å²) in [5, 5.41) is 7.38. The van der Waals surface area contributed by atoms with Crippen molar-refractivity contribution < 1.29 is 14.0 Å². The average molecular weight is 420 g/mol. The number of nitrogens with zero attached hydrogens (tertiary/aromatic N) is 1. The first-order valence-corrected chi connectivity index (χ1v) is 10.6. The van der Waals surface area contributed by atoms with Gasteiger partial charge in [-0.1, -0.05) is 30.3 Å². The predicted octanol–water partition coefficient (Wildman–Crippen LogP) is 2.42. The van der Waals surface area contributed by atoms with Crippen LogP contribution in [0.4, 0.5) is 4.39 Å². The van der Waals surface area contributed by atoms with Crippen molar-refractivity contribution in [1.82, 2.24) is 20.5 Å². The van der Waals surface area contributed by atoms with Gasteiger partial charge in [-0.3, -0.25) is 9.59 Å². The number of nitrogens with one attached hydrogen (secondary N) is 3. The third-order valence-electron chi connectivity index (χ3n) is 6.43. The first kappa shape index (κ1) is 19.8. The van der Waals surface area contributed by atoms with E-state index >= 15 is 0 Å². The van der Waals surface area contributed by atoms with Crippen LogP contribution in [0.3, 0.4) is 0 Å². The zero-order valence-corrected chi connectivity index (χ0v) is 17.3. The number of rotatable bonds is 5. The normalized spacial score (nSPS) is 23.3. The van der Waals surface area contributed by atoms with Gasteiger partial charge in [-0.2, -0.15) is 0 Å². The van der Waals surface area contributed by atoms with E-state index in [9.17, 15) is 14.0 Å². The number of carbonyl (C=O) groups is 2. The monoisotopic (exact) mass is 420 g/mol. The third kappa shape index (κ3) is 3.70. The first-order chi connectivity index (χ1) is 15.0. The van der Waals surface area contributed by atoms with Crippen molar-refractivity contribution >= 4 is 22.7 Å². The Kier molecular flexibility index (Phi) is 4.98. The molecule has 3 N–H and O–H groups in total. The van der Waals surface area contributed by atoms with E-state index < -0.39 is 12.1 Å². The number of amides is 2. The van der Waals surface area contributed by atoms with E-state index in [0.717, 1.165) is 22.0 Å². The smallest absolute Gasteiger partial charge is 0.246 e. The summed E-state index contributed by atoms with van der Waals surface area (Å²) in [6, 6.07) is 12.1. The zero-order valence-electron chi connectivity index (χ0n) is 17.3. The number of carbonyl (C=O) groups excluding carboxylic acids is 2. The molecule has 31 heavy (non-hydrogen) atoms. The number of piperazine rings is 1. The molecule has 0 aliphatic carbocycles. The minimum atomic E-state index is -0.562. The average Bonchev–Trinajstić information content (AvgIpc) is 3.38. The van der Waals surface area contributed by atoms with Gasteiger partial charge in [0.1, 0.15) is 17.9 Å². The number of benzene rings is 2. The van der Waals surface area contributed by atoms with Gasteiger partial charge in [0.25, 0.3) is 0 Å². The number of aryl methyl sites for hydroxylation is 1. The molecule has 2 aliphatic heterocycles. The van der Waals surface area contributed by atoms with Crippen LogP contribution in [0.2, 0.25) is 0 Å². The molecule has 2 aromatic carbocycles. The molecule has 1 aromatic heterocycles. The standard InChI is InChI=1S/C24H25FN4O2/c1-14-6-7-15(8-19(14)25)11-26-17-10-22-23(30)28-21(24(31)29(22)13-17)9-16-12-27-20-5-3-2-4-18(16)20/h2-8,12,17,21-22,26-27H,9-11,13H2,1H3,(H,28,30)/t17-,21-,22-/m0/s1. The molecule has 6 nitrogen and oxygen atoms in total. The van der Waals surface area contributed by atoms with Gasteiger partial charge in [-0.15, -0.1) is 0 Å². The van der Waals surface area contributed by atoms with Gasteiger partial charge in [0.15, 0.2) is 0 Å². The predicted molar refractivity (Wildman–Crippen MR) is 116 cm³/mol. The molecule has 2 aliphatic rings. The van der Waals surface area contributed by atoms with E-state index in [0.29, 0.717) is 31.5 Å². The molecule has 0 radical (unpaired) electrons. The van der Waals surface area contributed by atoms with Crippen molar-refractivity contribution in [3.05, 3.63) is 71.2 Å². The Hall–Kier alpha value is -3.19. The number of fused-ring (bicyclic) bond motifs is 2. The van der Waals surface area contributed by atoms with Crippen LogP contribution in [0, 0.1) is 12.7 Å². The van der Waals surface area contributed by atoms with Gasteiger partial charge in [-0.25, -0.2) is 4.39 Å². The number of halogens is 1. The second-order valence-corrected chi connectivity index (χ2v) is 8.53. The van der Waals surface area contributed by atoms with Crippen LogP contribution < -0.4 is 10.6 Å². The van der Waals surface area contributed by atoms with Gasteiger partial charge in [0.05, 0.1) is 0 Å². The summed E-state index contributed by atoms with van der Waals surface area (Å²) in [6.07, 6.45) is 2.93. The molecule has 0 spiro atoms. The molecular weight excluding hydrogens is 395 g/mol. The van der Waals surface area contributed by atoms with Crippen LogP contribution in [0.5, 0.6) is 0 Å². The summed E-state index contributed by atoms with van der Waals surface area (Å²) >= 11 is 0. The van der Waals surface area contributed by atoms with Crippen molar-refractivity contribution in [2.75, 3.05) is 6.54 Å². The molecule has 160 valence electrons. The van der Waals surface area contributed by atoms with Crippen molar-refractivity contribution in [2.24, 2.45) is 0 Å². The van der Waals surface area contributed by atoms with Crippen LogP contribution in [0.1, 0.15) is 23.1 Å². The van der Waals surface area contributed by atoms with E-state index in [4.69, 9.17) is 0 Å². The second kappa shape index (κ2) is 7.81. The van der Waals surface area contributed by atoms with Gasteiger partial charge in [0.2, 0.25) is 11.8 Å². The molecule has 0 unspecified atom stereocenters. The lowest BCUT2D eigenvalue weighted by molar-refractivity contribution is -0.146. The zero-order chi connectivity index (χ0) is 21.5. The quantitative estimate of drug-likeness (QED) is 0.593. The largest absolute Gasteiger partial charge is 0.361 e. The SMILES string of the molecule is Cc1ccc(CN[C@H]2C[C@H]3C(=O)N[C@@H](Cc4c[nH]c5ccccc45)C(=O)N3C2)cc1F. The Labute approximate surface area is 179 Å². The van der Waals surface area contributed by atoms with Crippen LogP contribution in [0.25, 0.3) is 10.9 Å². The summed E-state index contributed by atoms with van der Waals surface area (Å²) in [4.78, 5) is 30.8. The highest BCUT2D eigenvalue weighted by atomic mass is 19.1. The molecular formula is C24H25FN4O2. The van der Waals surface area contributed by atoms with E-state index in [-0.39, 0.29) is 23.7 Å². The fourth-order valence-corrected chi connectivity index (χ4v) is 4.67. The Bertz CT molecular complexity index is 1160. The molecule has 2 amide bonds. The Morgan fingerprint density at radius 3 is 2.87 bits per heavy atom. The van der Waals surface area contributed by atoms with Crippen LogP contribution in [0.15, 0.2) is 48.7 Å². The van der Waals surface area contributed by atoms with E-state index in [1.54, 1.807) is 17.9 Å². The summed E-state index contributed by atoms with van der Waals surface area (Å²) in [5.74, 6) is -0.367. The van der Waals surface area contributed by atoms with E-state index in [2.05, 4.69) is 15.6 Å². The molecule has 2 saturated heterocycles. The van der Waals surface area contributed by atoms with Crippen LogP contribution in [-0.2, 0) is 22.6 Å². The summed E-state index contributed by atoms with van der Waals surface area (Å²) < 4.78 is 13.8. The van der Waals surface area contributed by atoms with Gasteiger partial charge in [-0.05, 0) is 42.2 Å². The summed E-state index contributed by atoms with van der Waals surface area (Å²) in [5.41, 5.74) is 3.50. The number of aromatic amines is 1. The number of aromatic nitrogens is 1. The van der Waals surface area contributed by atoms with Gasteiger partial charge in [0, 0.05) is 42.7 Å². The van der Waals surface area contributed by atoms with E-state index in [1.165, 1.54) is 6.07 Å². The fraction of sp³-hybridized carbons (Fsp3) is 0.333. The molecule has 7 heteroatoms. The third-order valence-corrected chi connectivity index (χ3v) is 6.43. The van der Waals surface area contributed by atoms with Crippen molar-refractivity contribution in [3.63, 3.8) is 0 Å². The highest BCUT2D eigenvalue weighted by Gasteiger charge is 2.46. The highest BCUT2D eigenvalue weighted by molar-refractivity contribution is 5.98. The number of hydrogen-bond donors (Lipinski definition) is 3. The maximum absolute atomic E-state index is 13.8. The fourth-order valence-electron chi connectivity index (χ4n) is 4.67. The lowest BCUT2D eigenvalue weighted by Crippen LogP contribution is -2.61. The number of hydrogen-bond acceptors (Lipinski definition) is 3. The van der Waals surface area contributed by atoms with Crippen molar-refractivity contribution in [2.45, 2.75) is 44.4 Å². The minimum Gasteiger partial charge on any atom is -0.361 e. The Morgan fingerprint density at radius 1 is 1.19 bits per heavy atom.